The topological polar surface area (TPSA) is 83.9 Å². The van der Waals surface area contributed by atoms with Crippen LogP contribution in [0.1, 0.15) is 12.8 Å². The highest BCUT2D eigenvalue weighted by atomic mass is 32.2. The Bertz CT molecular complexity index is 541. The second-order valence-corrected chi connectivity index (χ2v) is 5.91. The Balaban J connectivity index is 3.00. The zero-order valence-electron chi connectivity index (χ0n) is 10.9. The molecule has 19 heavy (non-hydrogen) atoms. The molecule has 1 rings (SSSR count). The van der Waals surface area contributed by atoms with Crippen molar-refractivity contribution in [3.05, 3.63) is 24.3 Å². The van der Waals surface area contributed by atoms with Gasteiger partial charge in [0.05, 0.1) is 19.1 Å². The van der Waals surface area contributed by atoms with E-state index in [0.717, 1.165) is 10.6 Å². The Morgan fingerprint density at radius 3 is 2.53 bits per heavy atom. The van der Waals surface area contributed by atoms with Crippen LogP contribution >= 0.6 is 0 Å². The van der Waals surface area contributed by atoms with E-state index in [4.69, 9.17) is 9.84 Å². The number of aliphatic carboxylic acids is 1. The van der Waals surface area contributed by atoms with Gasteiger partial charge >= 0.3 is 5.97 Å². The van der Waals surface area contributed by atoms with Gasteiger partial charge in [-0.1, -0.05) is 12.1 Å². The number of rotatable bonds is 7. The summed E-state index contributed by atoms with van der Waals surface area (Å²) in [4.78, 5) is 10.5. The van der Waals surface area contributed by atoms with Gasteiger partial charge in [-0.2, -0.15) is 0 Å². The molecule has 0 amide bonds. The number of sulfonamides is 1. The molecule has 0 aliphatic rings. The van der Waals surface area contributed by atoms with Gasteiger partial charge in [0.1, 0.15) is 5.75 Å². The predicted molar refractivity (Wildman–Crippen MR) is 72.1 cm³/mol. The van der Waals surface area contributed by atoms with Crippen LogP contribution in [0.15, 0.2) is 24.3 Å². The van der Waals surface area contributed by atoms with Crippen LogP contribution in [0.2, 0.25) is 0 Å². The van der Waals surface area contributed by atoms with E-state index in [1.54, 1.807) is 24.3 Å². The largest absolute Gasteiger partial charge is 0.495 e. The maximum absolute atomic E-state index is 11.8. The first kappa shape index (κ1) is 15.3. The molecule has 0 bridgehead atoms. The minimum atomic E-state index is -3.49. The van der Waals surface area contributed by atoms with Gasteiger partial charge in [-0.3, -0.25) is 9.10 Å². The third kappa shape index (κ3) is 4.44. The van der Waals surface area contributed by atoms with E-state index in [-0.39, 0.29) is 19.4 Å². The smallest absolute Gasteiger partial charge is 0.303 e. The Morgan fingerprint density at radius 2 is 2.00 bits per heavy atom. The highest BCUT2D eigenvalue weighted by Gasteiger charge is 2.20. The summed E-state index contributed by atoms with van der Waals surface area (Å²) in [6, 6.07) is 6.72. The quantitative estimate of drug-likeness (QED) is 0.817. The average molecular weight is 287 g/mol. The minimum absolute atomic E-state index is 0.0822. The van der Waals surface area contributed by atoms with Crippen LogP contribution in [0.5, 0.6) is 5.75 Å². The molecular formula is C12H17NO5S. The number of anilines is 1. The molecule has 0 saturated carbocycles. The van der Waals surface area contributed by atoms with E-state index in [1.165, 1.54) is 7.11 Å². The Labute approximate surface area is 112 Å². The molecule has 0 unspecified atom stereocenters. The van der Waals surface area contributed by atoms with Crippen molar-refractivity contribution in [3.63, 3.8) is 0 Å². The predicted octanol–water partition coefficient (Wildman–Crippen LogP) is 1.33. The first-order chi connectivity index (χ1) is 8.86. The summed E-state index contributed by atoms with van der Waals surface area (Å²) in [5.41, 5.74) is 0.415. The Hall–Kier alpha value is -1.76. The molecule has 1 aromatic rings. The number of para-hydroxylation sites is 2. The van der Waals surface area contributed by atoms with E-state index in [1.807, 2.05) is 0 Å². The first-order valence-corrected chi connectivity index (χ1v) is 7.53. The molecule has 1 aromatic carbocycles. The lowest BCUT2D eigenvalue weighted by atomic mass is 10.2. The fourth-order valence-electron chi connectivity index (χ4n) is 1.67. The van der Waals surface area contributed by atoms with Gasteiger partial charge in [-0.05, 0) is 18.6 Å². The molecule has 0 aromatic heterocycles. The summed E-state index contributed by atoms with van der Waals surface area (Å²) in [5.74, 6) is -0.517. The Morgan fingerprint density at radius 1 is 1.37 bits per heavy atom. The molecule has 0 fully saturated rings. The number of hydrogen-bond acceptors (Lipinski definition) is 4. The fraction of sp³-hybridized carbons (Fsp3) is 0.417. The zero-order valence-corrected chi connectivity index (χ0v) is 11.7. The number of nitrogens with zero attached hydrogens (tertiary/aromatic N) is 1. The van der Waals surface area contributed by atoms with E-state index in [2.05, 4.69) is 0 Å². The van der Waals surface area contributed by atoms with Crippen LogP contribution in [0.4, 0.5) is 5.69 Å². The van der Waals surface area contributed by atoms with Crippen LogP contribution in [-0.4, -0.2) is 39.4 Å². The highest BCUT2D eigenvalue weighted by Crippen LogP contribution is 2.29. The van der Waals surface area contributed by atoms with Crippen LogP contribution in [-0.2, 0) is 14.8 Å². The number of carboxylic acid groups (broad SMARTS) is 1. The first-order valence-electron chi connectivity index (χ1n) is 5.68. The SMILES string of the molecule is COc1ccccc1N(CCCC(=O)O)S(C)(=O)=O. The molecular weight excluding hydrogens is 270 g/mol. The van der Waals surface area contributed by atoms with E-state index < -0.39 is 16.0 Å². The molecule has 1 N–H and O–H groups in total. The van der Waals surface area contributed by atoms with Crippen LogP contribution in [0.25, 0.3) is 0 Å². The lowest BCUT2D eigenvalue weighted by Gasteiger charge is -2.23. The zero-order chi connectivity index (χ0) is 14.5. The molecule has 0 heterocycles. The highest BCUT2D eigenvalue weighted by molar-refractivity contribution is 7.92. The van der Waals surface area contributed by atoms with Gasteiger partial charge in [0.2, 0.25) is 10.0 Å². The van der Waals surface area contributed by atoms with Gasteiger partial charge in [0.15, 0.2) is 0 Å². The van der Waals surface area contributed by atoms with Crippen LogP contribution < -0.4 is 9.04 Å². The molecule has 0 spiro atoms. The summed E-state index contributed by atoms with van der Waals surface area (Å²) >= 11 is 0. The number of hydrogen-bond donors (Lipinski definition) is 1. The normalized spacial score (nSPS) is 11.1. The molecule has 7 heteroatoms. The van der Waals surface area contributed by atoms with Crippen molar-refractivity contribution < 1.29 is 23.1 Å². The van der Waals surface area contributed by atoms with Crippen molar-refractivity contribution >= 4 is 21.7 Å². The van der Waals surface area contributed by atoms with E-state index in [0.29, 0.717) is 11.4 Å². The van der Waals surface area contributed by atoms with Crippen molar-refractivity contribution in [2.24, 2.45) is 0 Å². The monoisotopic (exact) mass is 287 g/mol. The van der Waals surface area contributed by atoms with Crippen LogP contribution in [0.3, 0.4) is 0 Å². The minimum Gasteiger partial charge on any atom is -0.495 e. The number of carbonyl (C=O) groups is 1. The second-order valence-electron chi connectivity index (χ2n) is 4.00. The maximum Gasteiger partial charge on any atom is 0.303 e. The van der Waals surface area contributed by atoms with Gasteiger partial charge in [0.25, 0.3) is 0 Å². The second kappa shape index (κ2) is 6.42. The van der Waals surface area contributed by atoms with Gasteiger partial charge in [-0.25, -0.2) is 8.42 Å². The summed E-state index contributed by atoms with van der Waals surface area (Å²) in [5, 5.41) is 8.61. The number of ether oxygens (including phenoxy) is 1. The van der Waals surface area contributed by atoms with Crippen molar-refractivity contribution in [1.82, 2.24) is 0 Å². The molecule has 0 radical (unpaired) electrons. The molecule has 106 valence electrons. The summed E-state index contributed by atoms with van der Waals surface area (Å²) in [7, 11) is -2.03. The molecule has 0 saturated heterocycles. The molecule has 6 nitrogen and oxygen atoms in total. The van der Waals surface area contributed by atoms with Crippen molar-refractivity contribution in [3.8, 4) is 5.75 Å². The number of carboxylic acids is 1. The number of methoxy groups -OCH3 is 1. The molecule has 0 atom stereocenters. The van der Waals surface area contributed by atoms with Crippen molar-refractivity contribution in [1.29, 1.82) is 0 Å². The standard InChI is InChI=1S/C12H17NO5S/c1-18-11-7-4-3-6-10(11)13(19(2,16)17)9-5-8-12(14)15/h3-4,6-7H,5,8-9H2,1-2H3,(H,14,15). The fourth-order valence-corrected chi connectivity index (χ4v) is 2.64. The summed E-state index contributed by atoms with van der Waals surface area (Å²) in [6.45, 7) is 0.103. The van der Waals surface area contributed by atoms with E-state index in [9.17, 15) is 13.2 Å². The van der Waals surface area contributed by atoms with E-state index >= 15 is 0 Å². The summed E-state index contributed by atoms with van der Waals surface area (Å²) in [6.07, 6.45) is 1.24. The van der Waals surface area contributed by atoms with Gasteiger partial charge in [-0.15, -0.1) is 0 Å². The lowest BCUT2D eigenvalue weighted by molar-refractivity contribution is -0.137. The lowest BCUT2D eigenvalue weighted by Crippen LogP contribution is -2.31. The average Bonchev–Trinajstić information content (AvgIpc) is 2.33. The molecule has 0 aliphatic heterocycles. The van der Waals surface area contributed by atoms with Crippen molar-refractivity contribution in [2.45, 2.75) is 12.8 Å². The van der Waals surface area contributed by atoms with Crippen molar-refractivity contribution in [2.75, 3.05) is 24.2 Å². The molecule has 0 aliphatic carbocycles. The number of benzene rings is 1. The Kier molecular flexibility index (Phi) is 5.17. The maximum atomic E-state index is 11.8. The third-order valence-corrected chi connectivity index (χ3v) is 3.69. The summed E-state index contributed by atoms with van der Waals surface area (Å²) < 4.78 is 29.9. The van der Waals surface area contributed by atoms with Gasteiger partial charge < -0.3 is 9.84 Å². The third-order valence-electron chi connectivity index (χ3n) is 2.51. The van der Waals surface area contributed by atoms with Gasteiger partial charge in [0, 0.05) is 13.0 Å². The van der Waals surface area contributed by atoms with Crippen LogP contribution in [0, 0.1) is 0 Å².